The van der Waals surface area contributed by atoms with Crippen LogP contribution in [0.5, 0.6) is 5.75 Å². The first-order chi connectivity index (χ1) is 24.0. The molecule has 0 radical (unpaired) electrons. The van der Waals surface area contributed by atoms with E-state index in [4.69, 9.17) is 41.7 Å². The number of amides is 3. The molecule has 4 rings (SSSR count). The molecule has 0 bridgehead atoms. The topological polar surface area (TPSA) is 153 Å². The van der Waals surface area contributed by atoms with E-state index in [1.807, 2.05) is 0 Å². The summed E-state index contributed by atoms with van der Waals surface area (Å²) in [5.74, 6) is -1.92. The maximum atomic E-state index is 14.0. The molecular weight excluding hydrogens is 708 g/mol. The Labute approximate surface area is 304 Å². The van der Waals surface area contributed by atoms with Crippen molar-refractivity contribution in [1.29, 1.82) is 0 Å². The fourth-order valence-corrected chi connectivity index (χ4v) is 8.51. The highest BCUT2D eigenvalue weighted by Crippen LogP contribution is 2.53. The van der Waals surface area contributed by atoms with Crippen LogP contribution in [0.4, 0.5) is 4.79 Å². The molecule has 1 aliphatic heterocycles. The average Bonchev–Trinajstić information content (AvgIpc) is 3.33. The van der Waals surface area contributed by atoms with Crippen molar-refractivity contribution in [2.75, 3.05) is 26.4 Å². The van der Waals surface area contributed by atoms with E-state index in [1.165, 1.54) is 0 Å². The summed E-state index contributed by atoms with van der Waals surface area (Å²) in [6.45, 7) is 3.89. The highest BCUT2D eigenvalue weighted by molar-refractivity contribution is 7.54. The van der Waals surface area contributed by atoms with Crippen molar-refractivity contribution in [2.24, 2.45) is 5.92 Å². The van der Waals surface area contributed by atoms with Crippen LogP contribution in [0.2, 0.25) is 10.0 Å². The number of carbonyl (C=O) groups is 3. The average molecular weight is 757 g/mol. The van der Waals surface area contributed by atoms with Gasteiger partial charge in [0.25, 0.3) is 0 Å². The minimum atomic E-state index is -4.16. The first-order valence-corrected chi connectivity index (χ1v) is 19.6. The number of rotatable bonds is 16. The van der Waals surface area contributed by atoms with Crippen LogP contribution < -0.4 is 15.4 Å². The Bertz CT molecular complexity index is 1480. The van der Waals surface area contributed by atoms with Gasteiger partial charge in [0.15, 0.2) is 5.85 Å². The standard InChI is InChI=1S/C35H48Cl2N3O9P/c1-3-48-50(45,49-4-2)34(43)29(16-17-32(41)40-18-19-46-31-15-9-14-28(37)27(31)22-40)38-33(42)30(21-24-10-6-5-7-11-24)39-35(44)47-23-25-12-8-13-26(36)20-25/h8-9,12-15,20,24,29-30,34,43H,3-7,10-11,16-19,21-23H2,1-2H3,(H,38,42)(H,39,44)/t29-,30-,34?/m0/s1. The van der Waals surface area contributed by atoms with Crippen molar-refractivity contribution in [3.8, 4) is 5.75 Å². The van der Waals surface area contributed by atoms with Crippen LogP contribution in [0.1, 0.15) is 76.3 Å². The van der Waals surface area contributed by atoms with Gasteiger partial charge in [-0.15, -0.1) is 0 Å². The fraction of sp³-hybridized carbons (Fsp3) is 0.571. The summed E-state index contributed by atoms with van der Waals surface area (Å²) in [4.78, 5) is 42.1. The van der Waals surface area contributed by atoms with Crippen molar-refractivity contribution in [3.05, 3.63) is 63.6 Å². The van der Waals surface area contributed by atoms with E-state index in [0.29, 0.717) is 39.9 Å². The van der Waals surface area contributed by atoms with Gasteiger partial charge in [0.1, 0.15) is 25.0 Å². The van der Waals surface area contributed by atoms with E-state index >= 15 is 0 Å². The Morgan fingerprint density at radius 3 is 2.46 bits per heavy atom. The van der Waals surface area contributed by atoms with Gasteiger partial charge < -0.3 is 39.2 Å². The zero-order valence-corrected chi connectivity index (χ0v) is 31.0. The smallest absolute Gasteiger partial charge is 0.408 e. The Morgan fingerprint density at radius 2 is 1.76 bits per heavy atom. The summed E-state index contributed by atoms with van der Waals surface area (Å²) in [7, 11) is -4.16. The van der Waals surface area contributed by atoms with Gasteiger partial charge in [-0.1, -0.05) is 73.5 Å². The number of halogens is 2. The number of aliphatic hydroxyl groups is 1. The first kappa shape index (κ1) is 39.9. The summed E-state index contributed by atoms with van der Waals surface area (Å²) in [6, 6.07) is 9.92. The maximum Gasteiger partial charge on any atom is 0.408 e. The summed E-state index contributed by atoms with van der Waals surface area (Å²) >= 11 is 12.5. The van der Waals surface area contributed by atoms with Crippen molar-refractivity contribution in [3.63, 3.8) is 0 Å². The third kappa shape index (κ3) is 11.6. The van der Waals surface area contributed by atoms with Crippen LogP contribution in [-0.2, 0) is 41.1 Å². The number of nitrogens with one attached hydrogen (secondary N) is 2. The largest absolute Gasteiger partial charge is 0.491 e. The number of alkyl carbamates (subject to hydrolysis) is 1. The molecule has 2 aromatic carbocycles. The highest BCUT2D eigenvalue weighted by Gasteiger charge is 2.42. The molecule has 1 fully saturated rings. The van der Waals surface area contributed by atoms with Crippen LogP contribution in [0.15, 0.2) is 42.5 Å². The quantitative estimate of drug-likeness (QED) is 0.157. The monoisotopic (exact) mass is 755 g/mol. The molecule has 1 aliphatic carbocycles. The van der Waals surface area contributed by atoms with E-state index in [-0.39, 0.29) is 57.6 Å². The third-order valence-corrected chi connectivity index (χ3v) is 11.7. The Morgan fingerprint density at radius 1 is 1.04 bits per heavy atom. The number of fused-ring (bicyclic) bond motifs is 1. The lowest BCUT2D eigenvalue weighted by Gasteiger charge is -2.32. The molecule has 1 heterocycles. The van der Waals surface area contributed by atoms with Crippen LogP contribution >= 0.6 is 30.8 Å². The molecule has 0 spiro atoms. The number of carbonyl (C=O) groups excluding carboxylic acids is 3. The predicted molar refractivity (Wildman–Crippen MR) is 190 cm³/mol. The van der Waals surface area contributed by atoms with Gasteiger partial charge in [-0.25, -0.2) is 4.79 Å². The third-order valence-electron chi connectivity index (χ3n) is 8.86. The Balaban J connectivity index is 1.51. The zero-order valence-electron chi connectivity index (χ0n) is 28.6. The summed E-state index contributed by atoms with van der Waals surface area (Å²) < 4.78 is 35.8. The van der Waals surface area contributed by atoms with Crippen LogP contribution in [0.25, 0.3) is 0 Å². The second kappa shape index (κ2) is 19.7. The molecule has 3 N–H and O–H groups in total. The van der Waals surface area contributed by atoms with Gasteiger partial charge in [0.05, 0.1) is 32.3 Å². The van der Waals surface area contributed by atoms with Crippen molar-refractivity contribution in [1.82, 2.24) is 15.5 Å². The van der Waals surface area contributed by atoms with Crippen LogP contribution in [0, 0.1) is 5.92 Å². The van der Waals surface area contributed by atoms with E-state index in [9.17, 15) is 24.1 Å². The fourth-order valence-electron chi connectivity index (χ4n) is 6.31. The van der Waals surface area contributed by atoms with Gasteiger partial charge in [0, 0.05) is 22.0 Å². The van der Waals surface area contributed by atoms with E-state index in [1.54, 1.807) is 61.2 Å². The van der Waals surface area contributed by atoms with E-state index < -0.39 is 37.5 Å². The normalized spacial score (nSPS) is 17.0. The van der Waals surface area contributed by atoms with Gasteiger partial charge in [0.2, 0.25) is 11.8 Å². The van der Waals surface area contributed by atoms with Crippen LogP contribution in [-0.4, -0.2) is 72.2 Å². The summed E-state index contributed by atoms with van der Waals surface area (Å²) in [5.41, 5.74) is 1.36. The Kier molecular flexibility index (Phi) is 15.7. The summed E-state index contributed by atoms with van der Waals surface area (Å²) in [6.07, 6.45) is 4.26. The van der Waals surface area contributed by atoms with Crippen molar-refractivity contribution >= 4 is 48.7 Å². The molecule has 50 heavy (non-hydrogen) atoms. The Hall–Kier alpha value is -2.86. The predicted octanol–water partition coefficient (Wildman–Crippen LogP) is 6.83. The van der Waals surface area contributed by atoms with Gasteiger partial charge >= 0.3 is 13.7 Å². The second-order valence-electron chi connectivity index (χ2n) is 12.5. The van der Waals surface area contributed by atoms with E-state index in [0.717, 1.165) is 32.1 Å². The van der Waals surface area contributed by atoms with Crippen LogP contribution in [0.3, 0.4) is 0 Å². The SMILES string of the molecule is CCOP(=O)(OCC)C(O)[C@H](CCC(=O)N1CCOc2cccc(Cl)c2C1)NC(=O)[C@H](CC1CCCCC1)NC(=O)OCc1cccc(Cl)c1. The highest BCUT2D eigenvalue weighted by atomic mass is 35.5. The molecule has 1 saturated carbocycles. The first-order valence-electron chi connectivity index (χ1n) is 17.3. The molecule has 15 heteroatoms. The molecule has 3 atom stereocenters. The zero-order chi connectivity index (χ0) is 36.1. The number of ether oxygens (including phenoxy) is 2. The van der Waals surface area contributed by atoms with Gasteiger partial charge in [-0.05, 0) is 62.4 Å². The second-order valence-corrected chi connectivity index (χ2v) is 15.4. The number of hydrogen-bond acceptors (Lipinski definition) is 9. The van der Waals surface area contributed by atoms with Crippen molar-refractivity contribution in [2.45, 2.75) is 96.3 Å². The summed E-state index contributed by atoms with van der Waals surface area (Å²) in [5, 5.41) is 17.9. The molecule has 0 aromatic heterocycles. The molecule has 2 aliphatic rings. The number of aliphatic hydroxyl groups excluding tert-OH is 1. The number of nitrogens with zero attached hydrogens (tertiary/aromatic N) is 1. The molecule has 1 unspecified atom stereocenters. The molecule has 276 valence electrons. The maximum absolute atomic E-state index is 14.0. The number of benzene rings is 2. The lowest BCUT2D eigenvalue weighted by molar-refractivity contribution is -0.133. The van der Waals surface area contributed by atoms with Gasteiger partial charge in [-0.2, -0.15) is 0 Å². The lowest BCUT2D eigenvalue weighted by Crippen LogP contribution is -2.53. The van der Waals surface area contributed by atoms with Crippen molar-refractivity contribution < 1.29 is 42.6 Å². The molecule has 12 nitrogen and oxygen atoms in total. The van der Waals surface area contributed by atoms with Gasteiger partial charge in [-0.3, -0.25) is 14.2 Å². The molecule has 2 aromatic rings. The molecule has 3 amide bonds. The molecule has 0 saturated heterocycles. The van der Waals surface area contributed by atoms with E-state index in [2.05, 4.69) is 10.6 Å². The minimum absolute atomic E-state index is 0.0216. The lowest BCUT2D eigenvalue weighted by atomic mass is 9.84. The molecular formula is C35H48Cl2N3O9P. The minimum Gasteiger partial charge on any atom is -0.491 e. The number of hydrogen-bond donors (Lipinski definition) is 3.